The summed E-state index contributed by atoms with van der Waals surface area (Å²) in [4.78, 5) is 2.61. The van der Waals surface area contributed by atoms with Gasteiger partial charge in [-0.3, -0.25) is 0 Å². The van der Waals surface area contributed by atoms with E-state index in [1.54, 1.807) is 0 Å². The van der Waals surface area contributed by atoms with Crippen molar-refractivity contribution in [2.45, 2.75) is 58.9 Å². The highest BCUT2D eigenvalue weighted by molar-refractivity contribution is 4.79. The predicted octanol–water partition coefficient (Wildman–Crippen LogP) is 3.13. The smallest absolute Gasteiger partial charge is 0.00925 e. The number of rotatable bonds is 7. The molecule has 2 nitrogen and oxygen atoms in total. The fourth-order valence-corrected chi connectivity index (χ4v) is 2.91. The van der Waals surface area contributed by atoms with Crippen molar-refractivity contribution < 1.29 is 0 Å². The highest BCUT2D eigenvalue weighted by Crippen LogP contribution is 2.27. The minimum Gasteiger partial charge on any atom is -0.317 e. The maximum Gasteiger partial charge on any atom is 0.00925 e. The van der Waals surface area contributed by atoms with Gasteiger partial charge >= 0.3 is 0 Å². The first-order valence-corrected chi connectivity index (χ1v) is 7.58. The molecule has 2 heteroatoms. The van der Waals surface area contributed by atoms with Crippen molar-refractivity contribution in [3.05, 3.63) is 0 Å². The van der Waals surface area contributed by atoms with Gasteiger partial charge in [-0.05, 0) is 57.7 Å². The Morgan fingerprint density at radius 2 is 1.82 bits per heavy atom. The largest absolute Gasteiger partial charge is 0.317 e. The van der Waals surface area contributed by atoms with Crippen LogP contribution < -0.4 is 5.32 Å². The van der Waals surface area contributed by atoms with Crippen LogP contribution in [0, 0.1) is 11.8 Å². The van der Waals surface area contributed by atoms with Crippen molar-refractivity contribution >= 4 is 0 Å². The Kier molecular flexibility index (Phi) is 7.14. The van der Waals surface area contributed by atoms with E-state index in [0.717, 1.165) is 24.4 Å². The van der Waals surface area contributed by atoms with Gasteiger partial charge in [0.15, 0.2) is 0 Å². The highest BCUT2D eigenvalue weighted by atomic mass is 15.1. The SMILES string of the molecule is CCNCC1CCC(N(C)CC(C)CC)CC1. The summed E-state index contributed by atoms with van der Waals surface area (Å²) in [5, 5.41) is 3.49. The fraction of sp³-hybridized carbons (Fsp3) is 1.00. The Bertz CT molecular complexity index is 185. The molecular formula is C15H32N2. The molecule has 0 saturated heterocycles. The third-order valence-electron chi connectivity index (χ3n) is 4.42. The van der Waals surface area contributed by atoms with Crippen molar-refractivity contribution in [1.29, 1.82) is 0 Å². The van der Waals surface area contributed by atoms with Crippen molar-refractivity contribution in [3.63, 3.8) is 0 Å². The van der Waals surface area contributed by atoms with Crippen LogP contribution in [0.15, 0.2) is 0 Å². The first-order valence-electron chi connectivity index (χ1n) is 7.58. The van der Waals surface area contributed by atoms with Crippen LogP contribution in [0.2, 0.25) is 0 Å². The Morgan fingerprint density at radius 3 is 2.35 bits per heavy atom. The van der Waals surface area contributed by atoms with Gasteiger partial charge in [-0.1, -0.05) is 27.2 Å². The molecule has 1 unspecified atom stereocenters. The molecule has 1 aliphatic carbocycles. The molecule has 0 heterocycles. The second-order valence-electron chi connectivity index (χ2n) is 5.94. The lowest BCUT2D eigenvalue weighted by molar-refractivity contribution is 0.147. The van der Waals surface area contributed by atoms with E-state index in [9.17, 15) is 0 Å². The second-order valence-corrected chi connectivity index (χ2v) is 5.94. The summed E-state index contributed by atoms with van der Waals surface area (Å²) in [6.07, 6.45) is 6.96. The minimum absolute atomic E-state index is 0.847. The molecule has 1 atom stereocenters. The van der Waals surface area contributed by atoms with Crippen molar-refractivity contribution in [3.8, 4) is 0 Å². The van der Waals surface area contributed by atoms with E-state index in [2.05, 4.69) is 38.0 Å². The average molecular weight is 240 g/mol. The van der Waals surface area contributed by atoms with Crippen LogP contribution in [0.4, 0.5) is 0 Å². The summed E-state index contributed by atoms with van der Waals surface area (Å²) in [6, 6.07) is 0.849. The topological polar surface area (TPSA) is 15.3 Å². The minimum atomic E-state index is 0.847. The fourth-order valence-electron chi connectivity index (χ4n) is 2.91. The Hall–Kier alpha value is -0.0800. The first-order chi connectivity index (χ1) is 8.17. The van der Waals surface area contributed by atoms with Crippen molar-refractivity contribution in [2.75, 3.05) is 26.7 Å². The van der Waals surface area contributed by atoms with Crippen LogP contribution in [0.3, 0.4) is 0 Å². The van der Waals surface area contributed by atoms with Gasteiger partial charge in [-0.15, -0.1) is 0 Å². The van der Waals surface area contributed by atoms with Gasteiger partial charge in [0, 0.05) is 12.6 Å². The van der Waals surface area contributed by atoms with Gasteiger partial charge in [-0.25, -0.2) is 0 Å². The molecule has 1 rings (SSSR count). The molecule has 1 fully saturated rings. The molecule has 1 aliphatic rings. The van der Waals surface area contributed by atoms with Gasteiger partial charge in [0.25, 0.3) is 0 Å². The lowest BCUT2D eigenvalue weighted by atomic mass is 9.85. The standard InChI is InChI=1S/C15H32N2/c1-5-13(3)12-17(4)15-9-7-14(8-10-15)11-16-6-2/h13-16H,5-12H2,1-4H3. The van der Waals surface area contributed by atoms with Gasteiger partial charge in [-0.2, -0.15) is 0 Å². The van der Waals surface area contributed by atoms with Crippen LogP contribution in [0.5, 0.6) is 0 Å². The first kappa shape index (κ1) is 15.0. The van der Waals surface area contributed by atoms with E-state index in [4.69, 9.17) is 0 Å². The van der Waals surface area contributed by atoms with E-state index < -0.39 is 0 Å². The monoisotopic (exact) mass is 240 g/mol. The predicted molar refractivity (Wildman–Crippen MR) is 76.4 cm³/mol. The van der Waals surface area contributed by atoms with Crippen LogP contribution in [0.1, 0.15) is 52.9 Å². The van der Waals surface area contributed by atoms with Crippen LogP contribution in [0.25, 0.3) is 0 Å². The maximum absolute atomic E-state index is 3.49. The zero-order valence-corrected chi connectivity index (χ0v) is 12.3. The van der Waals surface area contributed by atoms with E-state index in [0.29, 0.717) is 0 Å². The number of hydrogen-bond acceptors (Lipinski definition) is 2. The van der Waals surface area contributed by atoms with Gasteiger partial charge in [0.1, 0.15) is 0 Å². The quantitative estimate of drug-likeness (QED) is 0.735. The number of nitrogens with zero attached hydrogens (tertiary/aromatic N) is 1. The van der Waals surface area contributed by atoms with Gasteiger partial charge in [0.2, 0.25) is 0 Å². The number of nitrogens with one attached hydrogen (secondary N) is 1. The zero-order valence-electron chi connectivity index (χ0n) is 12.3. The summed E-state index contributed by atoms with van der Waals surface area (Å²) in [5.74, 6) is 1.78. The second kappa shape index (κ2) is 8.10. The highest BCUT2D eigenvalue weighted by Gasteiger charge is 2.24. The molecule has 0 bridgehead atoms. The molecular weight excluding hydrogens is 208 g/mol. The molecule has 0 amide bonds. The summed E-state index contributed by atoms with van der Waals surface area (Å²) < 4.78 is 0. The molecule has 0 aromatic carbocycles. The summed E-state index contributed by atoms with van der Waals surface area (Å²) in [5.41, 5.74) is 0. The van der Waals surface area contributed by atoms with E-state index in [-0.39, 0.29) is 0 Å². The van der Waals surface area contributed by atoms with Crippen LogP contribution in [-0.4, -0.2) is 37.6 Å². The molecule has 0 radical (unpaired) electrons. The summed E-state index contributed by atoms with van der Waals surface area (Å²) >= 11 is 0. The molecule has 0 aliphatic heterocycles. The lowest BCUT2D eigenvalue weighted by Gasteiger charge is -2.36. The molecule has 1 saturated carbocycles. The molecule has 0 aromatic rings. The molecule has 17 heavy (non-hydrogen) atoms. The van der Waals surface area contributed by atoms with Crippen LogP contribution >= 0.6 is 0 Å². The molecule has 0 spiro atoms. The third kappa shape index (κ3) is 5.39. The normalized spacial score (nSPS) is 27.4. The van der Waals surface area contributed by atoms with E-state index in [1.165, 1.54) is 45.2 Å². The summed E-state index contributed by atoms with van der Waals surface area (Å²) in [6.45, 7) is 10.5. The maximum atomic E-state index is 3.49. The number of hydrogen-bond donors (Lipinski definition) is 1. The molecule has 102 valence electrons. The Morgan fingerprint density at radius 1 is 1.18 bits per heavy atom. The van der Waals surface area contributed by atoms with Gasteiger partial charge in [0.05, 0.1) is 0 Å². The lowest BCUT2D eigenvalue weighted by Crippen LogP contribution is -2.39. The Balaban J connectivity index is 2.21. The Labute approximate surface area is 108 Å². The molecule has 0 aromatic heterocycles. The zero-order chi connectivity index (χ0) is 12.7. The average Bonchev–Trinajstić information content (AvgIpc) is 2.36. The van der Waals surface area contributed by atoms with Crippen LogP contribution in [-0.2, 0) is 0 Å². The van der Waals surface area contributed by atoms with E-state index >= 15 is 0 Å². The summed E-state index contributed by atoms with van der Waals surface area (Å²) in [7, 11) is 2.32. The van der Waals surface area contributed by atoms with Crippen molar-refractivity contribution in [1.82, 2.24) is 10.2 Å². The third-order valence-corrected chi connectivity index (χ3v) is 4.42. The van der Waals surface area contributed by atoms with E-state index in [1.807, 2.05) is 0 Å². The van der Waals surface area contributed by atoms with Gasteiger partial charge < -0.3 is 10.2 Å². The molecule has 1 N–H and O–H groups in total. The van der Waals surface area contributed by atoms with Crippen molar-refractivity contribution in [2.24, 2.45) is 11.8 Å².